The highest BCUT2D eigenvalue weighted by Crippen LogP contribution is 2.34. The number of carbonyl (C=O) groups is 3. The minimum Gasteiger partial charge on any atom is -0.340 e. The number of hydrogen-bond acceptors (Lipinski definition) is 3. The zero-order valence-electron chi connectivity index (χ0n) is 17.6. The maximum atomic E-state index is 13.6. The maximum Gasteiger partial charge on any atom is 0.256 e. The Bertz CT molecular complexity index is 813. The Morgan fingerprint density at radius 1 is 1.07 bits per heavy atom. The van der Waals surface area contributed by atoms with Crippen LogP contribution in [0.3, 0.4) is 0 Å². The van der Waals surface area contributed by atoms with Crippen LogP contribution in [-0.2, 0) is 9.59 Å². The van der Waals surface area contributed by atoms with Crippen molar-refractivity contribution in [3.05, 3.63) is 29.8 Å². The van der Waals surface area contributed by atoms with E-state index in [0.29, 0.717) is 36.1 Å². The average Bonchev–Trinajstić information content (AvgIpc) is 2.80. The molecular formula is C23H31N3O3. The monoisotopic (exact) mass is 397 g/mol. The van der Waals surface area contributed by atoms with E-state index in [1.165, 1.54) is 0 Å². The van der Waals surface area contributed by atoms with E-state index in [9.17, 15) is 14.4 Å². The van der Waals surface area contributed by atoms with Gasteiger partial charge in [0.15, 0.2) is 0 Å². The molecule has 0 aliphatic carbocycles. The fraction of sp³-hybridized carbons (Fsp3) is 0.609. The molecule has 4 atom stereocenters. The number of rotatable bonds is 2. The van der Waals surface area contributed by atoms with Gasteiger partial charge < -0.3 is 9.80 Å². The summed E-state index contributed by atoms with van der Waals surface area (Å²) in [5, 5.41) is 0. The lowest BCUT2D eigenvalue weighted by Gasteiger charge is -2.40. The predicted molar refractivity (Wildman–Crippen MR) is 112 cm³/mol. The molecule has 6 nitrogen and oxygen atoms in total. The zero-order chi connectivity index (χ0) is 20.7. The Morgan fingerprint density at radius 2 is 1.76 bits per heavy atom. The highest BCUT2D eigenvalue weighted by atomic mass is 16.2. The molecule has 0 N–H and O–H groups in total. The molecule has 3 aliphatic heterocycles. The molecular weight excluding hydrogens is 366 g/mol. The highest BCUT2D eigenvalue weighted by molar-refractivity contribution is 6.13. The van der Waals surface area contributed by atoms with Crippen LogP contribution in [0.15, 0.2) is 24.3 Å². The third-order valence-electron chi connectivity index (χ3n) is 6.61. The standard InChI is InChI=1S/C23H31N3O3/c1-15-12-16(2)14-24(13-15)21(27)17(3)26-19-9-5-4-8-18(19)22(28)25-11-7-6-10-20(25)23(26)29/h4-5,8-9,15-17,20H,6-7,10-14H2,1-3H3/t15-,16-,17+,20-/m0/s1. The molecule has 0 radical (unpaired) electrons. The molecule has 0 spiro atoms. The SMILES string of the molecule is C[C@H]1C[C@H](C)CN(C(=O)[C@@H](C)N2C(=O)[C@@H]3CCCCN3C(=O)c3ccccc32)C1. The largest absolute Gasteiger partial charge is 0.340 e. The van der Waals surface area contributed by atoms with Crippen molar-refractivity contribution in [2.24, 2.45) is 11.8 Å². The molecule has 1 aromatic carbocycles. The molecule has 2 saturated heterocycles. The smallest absolute Gasteiger partial charge is 0.256 e. The van der Waals surface area contributed by atoms with Gasteiger partial charge in [0.1, 0.15) is 12.1 Å². The fourth-order valence-corrected chi connectivity index (χ4v) is 5.35. The van der Waals surface area contributed by atoms with E-state index < -0.39 is 12.1 Å². The van der Waals surface area contributed by atoms with Crippen LogP contribution in [0, 0.1) is 11.8 Å². The van der Waals surface area contributed by atoms with E-state index in [4.69, 9.17) is 0 Å². The molecule has 6 heteroatoms. The molecule has 0 saturated carbocycles. The topological polar surface area (TPSA) is 60.9 Å². The molecule has 2 fully saturated rings. The molecule has 156 valence electrons. The van der Waals surface area contributed by atoms with Gasteiger partial charge in [-0.15, -0.1) is 0 Å². The van der Waals surface area contributed by atoms with Crippen molar-refractivity contribution in [1.29, 1.82) is 0 Å². The van der Waals surface area contributed by atoms with Gasteiger partial charge in [-0.05, 0) is 56.6 Å². The molecule has 3 aliphatic rings. The van der Waals surface area contributed by atoms with Crippen molar-refractivity contribution in [3.63, 3.8) is 0 Å². The lowest BCUT2D eigenvalue weighted by Crippen LogP contribution is -2.57. The first-order valence-corrected chi connectivity index (χ1v) is 10.9. The van der Waals surface area contributed by atoms with Crippen LogP contribution in [0.2, 0.25) is 0 Å². The number of anilines is 1. The van der Waals surface area contributed by atoms with Gasteiger partial charge in [0.2, 0.25) is 5.91 Å². The Labute approximate surface area is 172 Å². The number of nitrogens with zero attached hydrogens (tertiary/aromatic N) is 3. The minimum absolute atomic E-state index is 0.0248. The lowest BCUT2D eigenvalue weighted by atomic mass is 9.91. The maximum absolute atomic E-state index is 13.6. The lowest BCUT2D eigenvalue weighted by molar-refractivity contribution is -0.137. The summed E-state index contributed by atoms with van der Waals surface area (Å²) in [6, 6.07) is 6.13. The third-order valence-corrected chi connectivity index (χ3v) is 6.61. The van der Waals surface area contributed by atoms with Gasteiger partial charge in [-0.3, -0.25) is 19.3 Å². The van der Waals surface area contributed by atoms with Crippen molar-refractivity contribution >= 4 is 23.4 Å². The Balaban J connectivity index is 1.70. The Hall–Kier alpha value is -2.37. The number of fused-ring (bicyclic) bond motifs is 2. The van der Waals surface area contributed by atoms with E-state index >= 15 is 0 Å². The van der Waals surface area contributed by atoms with Crippen LogP contribution in [0.25, 0.3) is 0 Å². The predicted octanol–water partition coefficient (Wildman–Crippen LogP) is 2.92. The van der Waals surface area contributed by atoms with Crippen LogP contribution >= 0.6 is 0 Å². The van der Waals surface area contributed by atoms with Crippen LogP contribution in [0.1, 0.15) is 56.8 Å². The molecule has 0 aromatic heterocycles. The molecule has 0 bridgehead atoms. The van der Waals surface area contributed by atoms with Crippen LogP contribution in [0.5, 0.6) is 0 Å². The molecule has 1 aromatic rings. The number of hydrogen-bond donors (Lipinski definition) is 0. The summed E-state index contributed by atoms with van der Waals surface area (Å²) in [5.74, 6) is 0.668. The van der Waals surface area contributed by atoms with E-state index in [-0.39, 0.29) is 17.7 Å². The molecule has 4 rings (SSSR count). The van der Waals surface area contributed by atoms with Crippen molar-refractivity contribution < 1.29 is 14.4 Å². The summed E-state index contributed by atoms with van der Waals surface area (Å²) >= 11 is 0. The first-order valence-electron chi connectivity index (χ1n) is 10.9. The first-order chi connectivity index (χ1) is 13.9. The van der Waals surface area contributed by atoms with E-state index in [0.717, 1.165) is 32.4 Å². The minimum atomic E-state index is -0.629. The summed E-state index contributed by atoms with van der Waals surface area (Å²) in [5.41, 5.74) is 1.08. The van der Waals surface area contributed by atoms with E-state index in [1.54, 1.807) is 21.9 Å². The summed E-state index contributed by atoms with van der Waals surface area (Å²) in [7, 11) is 0. The highest BCUT2D eigenvalue weighted by Gasteiger charge is 2.44. The summed E-state index contributed by atoms with van der Waals surface area (Å²) in [6.07, 6.45) is 3.62. The molecule has 3 amide bonds. The van der Waals surface area contributed by atoms with Gasteiger partial charge in [-0.1, -0.05) is 26.0 Å². The number of carbonyl (C=O) groups excluding carboxylic acids is 3. The van der Waals surface area contributed by atoms with E-state index in [1.807, 2.05) is 24.0 Å². The Kier molecular flexibility index (Phi) is 5.36. The summed E-state index contributed by atoms with van der Waals surface area (Å²) < 4.78 is 0. The average molecular weight is 398 g/mol. The number of piperidine rings is 2. The molecule has 3 heterocycles. The number of benzene rings is 1. The third kappa shape index (κ3) is 3.53. The normalized spacial score (nSPS) is 28.5. The second kappa shape index (κ2) is 7.81. The number of amides is 3. The summed E-state index contributed by atoms with van der Waals surface area (Å²) in [4.78, 5) is 45.5. The molecule has 0 unspecified atom stereocenters. The quantitative estimate of drug-likeness (QED) is 0.771. The van der Waals surface area contributed by atoms with Crippen molar-refractivity contribution in [2.45, 2.75) is 58.5 Å². The van der Waals surface area contributed by atoms with Crippen molar-refractivity contribution in [2.75, 3.05) is 24.5 Å². The van der Waals surface area contributed by atoms with Gasteiger partial charge in [0.25, 0.3) is 11.8 Å². The van der Waals surface area contributed by atoms with Crippen molar-refractivity contribution in [3.8, 4) is 0 Å². The van der Waals surface area contributed by atoms with Crippen molar-refractivity contribution in [1.82, 2.24) is 9.80 Å². The molecule has 29 heavy (non-hydrogen) atoms. The second-order valence-corrected chi connectivity index (χ2v) is 9.10. The number of para-hydroxylation sites is 1. The van der Waals surface area contributed by atoms with Gasteiger partial charge in [0, 0.05) is 19.6 Å². The van der Waals surface area contributed by atoms with Gasteiger partial charge >= 0.3 is 0 Å². The second-order valence-electron chi connectivity index (χ2n) is 9.10. The number of likely N-dealkylation sites (tertiary alicyclic amines) is 1. The first kappa shape index (κ1) is 19.9. The van der Waals surface area contributed by atoms with E-state index in [2.05, 4.69) is 13.8 Å². The summed E-state index contributed by atoms with van der Waals surface area (Å²) in [6.45, 7) is 8.21. The van der Waals surface area contributed by atoms with Crippen LogP contribution < -0.4 is 4.90 Å². The van der Waals surface area contributed by atoms with Gasteiger partial charge in [-0.25, -0.2) is 0 Å². The van der Waals surface area contributed by atoms with Gasteiger partial charge in [-0.2, -0.15) is 0 Å². The fourth-order valence-electron chi connectivity index (χ4n) is 5.35. The Morgan fingerprint density at radius 3 is 2.48 bits per heavy atom. The zero-order valence-corrected chi connectivity index (χ0v) is 17.6. The van der Waals surface area contributed by atoms with Gasteiger partial charge in [0.05, 0.1) is 11.3 Å². The van der Waals surface area contributed by atoms with Crippen LogP contribution in [0.4, 0.5) is 5.69 Å². The van der Waals surface area contributed by atoms with Crippen LogP contribution in [-0.4, -0.2) is 59.2 Å².